The molecule has 2 fully saturated rings. The van der Waals surface area contributed by atoms with Crippen LogP contribution in [-0.2, 0) is 10.0 Å². The van der Waals surface area contributed by atoms with E-state index in [1.165, 1.54) is 0 Å². The fourth-order valence-electron chi connectivity index (χ4n) is 1.92. The van der Waals surface area contributed by atoms with E-state index < -0.39 is 10.0 Å². The molecule has 0 saturated carbocycles. The van der Waals surface area contributed by atoms with Crippen LogP contribution in [0.5, 0.6) is 0 Å². The lowest BCUT2D eigenvalue weighted by molar-refractivity contribution is 0.329. The van der Waals surface area contributed by atoms with Crippen molar-refractivity contribution >= 4 is 10.0 Å². The van der Waals surface area contributed by atoms with Crippen LogP contribution >= 0.6 is 0 Å². The van der Waals surface area contributed by atoms with Crippen LogP contribution in [0.4, 0.5) is 0 Å². The Morgan fingerprint density at radius 1 is 1.13 bits per heavy atom. The third-order valence-corrected chi connectivity index (χ3v) is 5.02. The normalized spacial score (nSPS) is 25.1. The molecule has 88 valence electrons. The van der Waals surface area contributed by atoms with Gasteiger partial charge in [0.15, 0.2) is 0 Å². The summed E-state index contributed by atoms with van der Waals surface area (Å²) in [7, 11) is -2.99. The third kappa shape index (κ3) is 2.90. The molecular weight excluding hydrogens is 214 g/mol. The Bertz CT molecular complexity index is 294. The molecular formula is C9H19N3O2S. The molecule has 5 nitrogen and oxygen atoms in total. The highest BCUT2D eigenvalue weighted by molar-refractivity contribution is 7.89. The third-order valence-electron chi connectivity index (χ3n) is 3.12. The molecule has 0 aliphatic carbocycles. The van der Waals surface area contributed by atoms with Crippen LogP contribution in [0.1, 0.15) is 6.42 Å². The summed E-state index contributed by atoms with van der Waals surface area (Å²) in [6.45, 7) is 4.79. The SMILES string of the molecule is O=S(=O)(CCC1CNC1)N1CCNCC1. The van der Waals surface area contributed by atoms with Gasteiger partial charge in [0.2, 0.25) is 10.0 Å². The second-order valence-electron chi connectivity index (χ2n) is 4.28. The van der Waals surface area contributed by atoms with Gasteiger partial charge in [-0.2, -0.15) is 4.31 Å². The second-order valence-corrected chi connectivity index (χ2v) is 6.37. The van der Waals surface area contributed by atoms with Crippen LogP contribution < -0.4 is 10.6 Å². The average Bonchev–Trinajstić information content (AvgIpc) is 2.16. The standard InChI is InChI=1S/C9H19N3O2S/c13-15(14,6-1-9-7-11-8-9)12-4-2-10-3-5-12/h9-11H,1-8H2. The number of nitrogens with zero attached hydrogens (tertiary/aromatic N) is 1. The van der Waals surface area contributed by atoms with Crippen molar-refractivity contribution in [3.05, 3.63) is 0 Å². The van der Waals surface area contributed by atoms with Gasteiger partial charge in [-0.05, 0) is 25.4 Å². The van der Waals surface area contributed by atoms with Crippen molar-refractivity contribution < 1.29 is 8.42 Å². The number of hydrogen-bond donors (Lipinski definition) is 2. The summed E-state index contributed by atoms with van der Waals surface area (Å²) in [5.74, 6) is 0.891. The van der Waals surface area contributed by atoms with Gasteiger partial charge in [-0.1, -0.05) is 0 Å². The Morgan fingerprint density at radius 2 is 1.80 bits per heavy atom. The number of sulfonamides is 1. The summed E-state index contributed by atoms with van der Waals surface area (Å²) in [6.07, 6.45) is 0.805. The van der Waals surface area contributed by atoms with Crippen molar-refractivity contribution in [1.29, 1.82) is 0 Å². The smallest absolute Gasteiger partial charge is 0.214 e. The molecule has 0 amide bonds. The van der Waals surface area contributed by atoms with Crippen LogP contribution in [0.15, 0.2) is 0 Å². The van der Waals surface area contributed by atoms with Crippen molar-refractivity contribution in [2.75, 3.05) is 45.0 Å². The molecule has 0 unspecified atom stereocenters. The molecule has 6 heteroatoms. The summed E-state index contributed by atoms with van der Waals surface area (Å²) in [5, 5.41) is 6.32. The molecule has 0 radical (unpaired) electrons. The van der Waals surface area contributed by atoms with E-state index in [0.717, 1.165) is 32.6 Å². The first-order valence-corrected chi connectivity index (χ1v) is 7.19. The Kier molecular flexibility index (Phi) is 3.60. The lowest BCUT2D eigenvalue weighted by Gasteiger charge is -2.30. The van der Waals surface area contributed by atoms with Gasteiger partial charge in [0.1, 0.15) is 0 Å². The first kappa shape index (κ1) is 11.3. The van der Waals surface area contributed by atoms with Gasteiger partial charge in [0.25, 0.3) is 0 Å². The summed E-state index contributed by atoms with van der Waals surface area (Å²) < 4.78 is 25.4. The Labute approximate surface area is 91.3 Å². The highest BCUT2D eigenvalue weighted by atomic mass is 32.2. The molecule has 2 N–H and O–H groups in total. The van der Waals surface area contributed by atoms with Gasteiger partial charge < -0.3 is 10.6 Å². The quantitative estimate of drug-likeness (QED) is 0.642. The topological polar surface area (TPSA) is 61.4 Å². The van der Waals surface area contributed by atoms with Gasteiger partial charge in [-0.15, -0.1) is 0 Å². The van der Waals surface area contributed by atoms with Gasteiger partial charge in [-0.3, -0.25) is 0 Å². The molecule has 2 aliphatic heterocycles. The van der Waals surface area contributed by atoms with Crippen molar-refractivity contribution in [3.8, 4) is 0 Å². The van der Waals surface area contributed by atoms with E-state index in [1.54, 1.807) is 4.31 Å². The minimum absolute atomic E-state index is 0.319. The zero-order valence-corrected chi connectivity index (χ0v) is 9.72. The molecule has 2 aliphatic rings. The van der Waals surface area contributed by atoms with Gasteiger partial charge >= 0.3 is 0 Å². The van der Waals surface area contributed by atoms with Gasteiger partial charge in [-0.25, -0.2) is 8.42 Å². The van der Waals surface area contributed by atoms with E-state index >= 15 is 0 Å². The predicted molar refractivity (Wildman–Crippen MR) is 59.2 cm³/mol. The molecule has 0 aromatic heterocycles. The number of piperazine rings is 1. The summed E-state index contributed by atoms with van der Waals surface area (Å²) >= 11 is 0. The molecule has 2 heterocycles. The summed E-state index contributed by atoms with van der Waals surface area (Å²) in [4.78, 5) is 0. The fourth-order valence-corrected chi connectivity index (χ4v) is 3.55. The average molecular weight is 233 g/mol. The molecule has 2 rings (SSSR count). The lowest BCUT2D eigenvalue weighted by Crippen LogP contribution is -2.48. The molecule has 0 aromatic carbocycles. The fraction of sp³-hybridized carbons (Fsp3) is 1.00. The van der Waals surface area contributed by atoms with Gasteiger partial charge in [0, 0.05) is 26.2 Å². The molecule has 0 spiro atoms. The van der Waals surface area contributed by atoms with E-state index in [4.69, 9.17) is 0 Å². The summed E-state index contributed by atoms with van der Waals surface area (Å²) in [6, 6.07) is 0. The van der Waals surface area contributed by atoms with Crippen molar-refractivity contribution in [2.24, 2.45) is 5.92 Å². The van der Waals surface area contributed by atoms with Crippen LogP contribution in [0, 0.1) is 5.92 Å². The monoisotopic (exact) mass is 233 g/mol. The minimum Gasteiger partial charge on any atom is -0.316 e. The number of rotatable bonds is 4. The Balaban J connectivity index is 1.81. The zero-order chi connectivity index (χ0) is 10.7. The molecule has 2 saturated heterocycles. The first-order chi connectivity index (χ1) is 7.18. The zero-order valence-electron chi connectivity index (χ0n) is 8.91. The molecule has 0 aromatic rings. The molecule has 0 bridgehead atoms. The van der Waals surface area contributed by atoms with Crippen molar-refractivity contribution in [2.45, 2.75) is 6.42 Å². The van der Waals surface area contributed by atoms with Crippen molar-refractivity contribution in [1.82, 2.24) is 14.9 Å². The first-order valence-electron chi connectivity index (χ1n) is 5.58. The Hall–Kier alpha value is -0.170. The largest absolute Gasteiger partial charge is 0.316 e. The maximum atomic E-state index is 11.9. The Morgan fingerprint density at radius 3 is 2.33 bits per heavy atom. The number of nitrogens with one attached hydrogen (secondary N) is 2. The maximum absolute atomic E-state index is 11.9. The number of hydrogen-bond acceptors (Lipinski definition) is 4. The van der Waals surface area contributed by atoms with E-state index in [1.807, 2.05) is 0 Å². The molecule has 0 atom stereocenters. The highest BCUT2D eigenvalue weighted by Crippen LogP contribution is 2.12. The second kappa shape index (κ2) is 4.78. The highest BCUT2D eigenvalue weighted by Gasteiger charge is 2.26. The minimum atomic E-state index is -2.99. The van der Waals surface area contributed by atoms with E-state index in [0.29, 0.717) is 24.8 Å². The van der Waals surface area contributed by atoms with E-state index in [9.17, 15) is 8.42 Å². The summed E-state index contributed by atoms with van der Waals surface area (Å²) in [5.41, 5.74) is 0. The maximum Gasteiger partial charge on any atom is 0.214 e. The molecule has 15 heavy (non-hydrogen) atoms. The van der Waals surface area contributed by atoms with E-state index in [-0.39, 0.29) is 0 Å². The lowest BCUT2D eigenvalue weighted by atomic mass is 10.0. The van der Waals surface area contributed by atoms with Crippen LogP contribution in [0.3, 0.4) is 0 Å². The van der Waals surface area contributed by atoms with Crippen LogP contribution in [0.25, 0.3) is 0 Å². The van der Waals surface area contributed by atoms with Crippen molar-refractivity contribution in [3.63, 3.8) is 0 Å². The van der Waals surface area contributed by atoms with Gasteiger partial charge in [0.05, 0.1) is 5.75 Å². The van der Waals surface area contributed by atoms with Crippen LogP contribution in [0.2, 0.25) is 0 Å². The van der Waals surface area contributed by atoms with Crippen LogP contribution in [-0.4, -0.2) is 57.7 Å². The predicted octanol–water partition coefficient (Wildman–Crippen LogP) is -1.17. The van der Waals surface area contributed by atoms with E-state index in [2.05, 4.69) is 10.6 Å².